The number of nitrogens with zero attached hydrogens (tertiary/aromatic N) is 2. The van der Waals surface area contributed by atoms with E-state index in [1.54, 1.807) is 36.4 Å². The molecule has 0 radical (unpaired) electrons. The second kappa shape index (κ2) is 7.26. The van der Waals surface area contributed by atoms with E-state index in [0.29, 0.717) is 22.3 Å². The van der Waals surface area contributed by atoms with E-state index in [-0.39, 0.29) is 17.9 Å². The quantitative estimate of drug-likeness (QED) is 0.731. The van der Waals surface area contributed by atoms with Crippen molar-refractivity contribution in [2.45, 2.75) is 20.3 Å². The highest BCUT2D eigenvalue weighted by Crippen LogP contribution is 2.28. The van der Waals surface area contributed by atoms with Crippen molar-refractivity contribution in [3.05, 3.63) is 59.2 Å². The average Bonchev–Trinajstić information content (AvgIpc) is 2.61. The van der Waals surface area contributed by atoms with E-state index in [1.807, 2.05) is 26.0 Å². The Hall–Kier alpha value is -3.72. The molecule has 0 unspecified atom stereocenters. The van der Waals surface area contributed by atoms with Gasteiger partial charge in [0.25, 0.3) is 0 Å². The number of anilines is 1. The topological polar surface area (TPSA) is 103 Å². The van der Waals surface area contributed by atoms with Crippen molar-refractivity contribution in [3.8, 4) is 17.3 Å². The fourth-order valence-electron chi connectivity index (χ4n) is 3.01. The molecule has 0 saturated heterocycles. The molecule has 0 saturated carbocycles. The standard InChI is InChI=1S/C21H17N3O3/c1-12-9-13(2)20-16(10-12)17(21(26)27)11-18(24-20)14-3-5-15(6-4-14)23-19(25)7-8-22/h3-6,9-11H,7H2,1-2H3,(H,23,25)(H,26,27). The third-order valence-electron chi connectivity index (χ3n) is 4.18. The summed E-state index contributed by atoms with van der Waals surface area (Å²) in [5.41, 5.74) is 4.59. The minimum absolute atomic E-state index is 0.202. The molecule has 0 aliphatic heterocycles. The van der Waals surface area contributed by atoms with Gasteiger partial charge >= 0.3 is 5.97 Å². The van der Waals surface area contributed by atoms with E-state index in [2.05, 4.69) is 10.3 Å². The molecule has 2 aromatic carbocycles. The summed E-state index contributed by atoms with van der Waals surface area (Å²) in [5.74, 6) is -1.39. The Morgan fingerprint density at radius 3 is 2.48 bits per heavy atom. The number of hydrogen-bond acceptors (Lipinski definition) is 4. The molecular weight excluding hydrogens is 342 g/mol. The van der Waals surface area contributed by atoms with Crippen molar-refractivity contribution in [2.24, 2.45) is 0 Å². The Morgan fingerprint density at radius 2 is 1.85 bits per heavy atom. The lowest BCUT2D eigenvalue weighted by molar-refractivity contribution is -0.115. The van der Waals surface area contributed by atoms with Gasteiger partial charge in [-0.05, 0) is 43.7 Å². The predicted octanol–water partition coefficient (Wildman–Crippen LogP) is 4.07. The molecule has 0 aliphatic carbocycles. The highest BCUT2D eigenvalue weighted by Gasteiger charge is 2.15. The van der Waals surface area contributed by atoms with Gasteiger partial charge in [-0.15, -0.1) is 0 Å². The molecule has 0 bridgehead atoms. The summed E-state index contributed by atoms with van der Waals surface area (Å²) >= 11 is 0. The van der Waals surface area contributed by atoms with Crippen LogP contribution in [-0.4, -0.2) is 22.0 Å². The first-order valence-electron chi connectivity index (χ1n) is 8.31. The van der Waals surface area contributed by atoms with Gasteiger partial charge in [-0.25, -0.2) is 9.78 Å². The Morgan fingerprint density at radius 1 is 1.15 bits per heavy atom. The highest BCUT2D eigenvalue weighted by atomic mass is 16.4. The van der Waals surface area contributed by atoms with Gasteiger partial charge in [0.1, 0.15) is 6.42 Å². The van der Waals surface area contributed by atoms with E-state index in [9.17, 15) is 14.7 Å². The van der Waals surface area contributed by atoms with Crippen LogP contribution in [0.2, 0.25) is 0 Å². The third-order valence-corrected chi connectivity index (χ3v) is 4.18. The second-order valence-corrected chi connectivity index (χ2v) is 6.30. The number of carbonyl (C=O) groups excluding carboxylic acids is 1. The van der Waals surface area contributed by atoms with Gasteiger partial charge in [0, 0.05) is 16.6 Å². The predicted molar refractivity (Wildman–Crippen MR) is 102 cm³/mol. The summed E-state index contributed by atoms with van der Waals surface area (Å²) < 4.78 is 0. The summed E-state index contributed by atoms with van der Waals surface area (Å²) in [4.78, 5) is 27.9. The summed E-state index contributed by atoms with van der Waals surface area (Å²) in [6.07, 6.45) is -0.214. The van der Waals surface area contributed by atoms with Crippen LogP contribution in [0.4, 0.5) is 5.69 Å². The van der Waals surface area contributed by atoms with Crippen LogP contribution in [0, 0.1) is 25.2 Å². The smallest absolute Gasteiger partial charge is 0.336 e. The number of carboxylic acid groups (broad SMARTS) is 1. The molecule has 3 aromatic rings. The lowest BCUT2D eigenvalue weighted by Crippen LogP contribution is -2.09. The number of aryl methyl sites for hydroxylation is 2. The number of hydrogen-bond donors (Lipinski definition) is 2. The molecule has 3 rings (SSSR count). The minimum Gasteiger partial charge on any atom is -0.478 e. The number of amides is 1. The van der Waals surface area contributed by atoms with Gasteiger partial charge in [-0.2, -0.15) is 5.26 Å². The first-order valence-corrected chi connectivity index (χ1v) is 8.31. The zero-order valence-corrected chi connectivity index (χ0v) is 14.9. The highest BCUT2D eigenvalue weighted by molar-refractivity contribution is 6.04. The van der Waals surface area contributed by atoms with Crippen LogP contribution in [0.5, 0.6) is 0 Å². The number of pyridine rings is 1. The van der Waals surface area contributed by atoms with E-state index < -0.39 is 5.97 Å². The largest absolute Gasteiger partial charge is 0.478 e. The van der Waals surface area contributed by atoms with Crippen LogP contribution in [0.15, 0.2) is 42.5 Å². The van der Waals surface area contributed by atoms with Crippen molar-refractivity contribution in [2.75, 3.05) is 5.32 Å². The summed E-state index contributed by atoms with van der Waals surface area (Å²) in [7, 11) is 0. The fourth-order valence-corrected chi connectivity index (χ4v) is 3.01. The maximum atomic E-state index is 11.8. The van der Waals surface area contributed by atoms with E-state index in [4.69, 9.17) is 5.26 Å². The van der Waals surface area contributed by atoms with Gasteiger partial charge in [0.15, 0.2) is 0 Å². The second-order valence-electron chi connectivity index (χ2n) is 6.30. The van der Waals surface area contributed by atoms with Crippen LogP contribution in [0.3, 0.4) is 0 Å². The van der Waals surface area contributed by atoms with Crippen molar-refractivity contribution >= 4 is 28.5 Å². The maximum Gasteiger partial charge on any atom is 0.336 e. The number of benzene rings is 2. The van der Waals surface area contributed by atoms with Crippen molar-refractivity contribution in [1.29, 1.82) is 5.26 Å². The summed E-state index contributed by atoms with van der Waals surface area (Å²) in [5, 5.41) is 21.4. The van der Waals surface area contributed by atoms with Crippen molar-refractivity contribution in [1.82, 2.24) is 4.98 Å². The number of aromatic nitrogens is 1. The van der Waals surface area contributed by atoms with Gasteiger partial charge < -0.3 is 10.4 Å². The number of carboxylic acids is 1. The van der Waals surface area contributed by atoms with Crippen LogP contribution in [0.25, 0.3) is 22.2 Å². The first-order chi connectivity index (χ1) is 12.9. The number of rotatable bonds is 4. The normalized spacial score (nSPS) is 10.4. The molecule has 6 nitrogen and oxygen atoms in total. The van der Waals surface area contributed by atoms with Crippen LogP contribution in [-0.2, 0) is 4.79 Å². The molecule has 134 valence electrons. The lowest BCUT2D eigenvalue weighted by atomic mass is 10.00. The van der Waals surface area contributed by atoms with E-state index in [1.165, 1.54) is 0 Å². The molecule has 6 heteroatoms. The monoisotopic (exact) mass is 359 g/mol. The van der Waals surface area contributed by atoms with Gasteiger partial charge in [0.2, 0.25) is 5.91 Å². The third kappa shape index (κ3) is 3.77. The molecule has 0 fully saturated rings. The van der Waals surface area contributed by atoms with Crippen LogP contribution in [0.1, 0.15) is 27.9 Å². The number of carbonyl (C=O) groups is 2. The molecule has 0 atom stereocenters. The lowest BCUT2D eigenvalue weighted by Gasteiger charge is -2.11. The molecule has 27 heavy (non-hydrogen) atoms. The average molecular weight is 359 g/mol. The first kappa shape index (κ1) is 18.1. The number of aromatic carboxylic acids is 1. The molecule has 1 aromatic heterocycles. The Kier molecular flexibility index (Phi) is 4.86. The van der Waals surface area contributed by atoms with Gasteiger partial charge in [0.05, 0.1) is 22.8 Å². The molecule has 1 amide bonds. The number of nitriles is 1. The van der Waals surface area contributed by atoms with Crippen LogP contribution >= 0.6 is 0 Å². The SMILES string of the molecule is Cc1cc(C)c2nc(-c3ccc(NC(=O)CC#N)cc3)cc(C(=O)O)c2c1. The molecule has 1 heterocycles. The molecule has 2 N–H and O–H groups in total. The van der Waals surface area contributed by atoms with E-state index >= 15 is 0 Å². The Labute approximate surface area is 156 Å². The van der Waals surface area contributed by atoms with Crippen molar-refractivity contribution < 1.29 is 14.7 Å². The zero-order valence-electron chi connectivity index (χ0n) is 14.9. The van der Waals surface area contributed by atoms with Gasteiger partial charge in [-0.1, -0.05) is 23.8 Å². The minimum atomic E-state index is -1.01. The number of fused-ring (bicyclic) bond motifs is 1. The summed E-state index contributed by atoms with van der Waals surface area (Å²) in [6, 6.07) is 14.1. The van der Waals surface area contributed by atoms with Gasteiger partial charge in [-0.3, -0.25) is 4.79 Å². The van der Waals surface area contributed by atoms with E-state index in [0.717, 1.165) is 16.7 Å². The Balaban J connectivity index is 2.05. The van der Waals surface area contributed by atoms with Crippen LogP contribution < -0.4 is 5.32 Å². The Bertz CT molecular complexity index is 1100. The molecular formula is C21H17N3O3. The summed E-state index contributed by atoms with van der Waals surface area (Å²) in [6.45, 7) is 3.83. The van der Waals surface area contributed by atoms with Crippen molar-refractivity contribution in [3.63, 3.8) is 0 Å². The fraction of sp³-hybridized carbons (Fsp3) is 0.143. The zero-order chi connectivity index (χ0) is 19.6. The number of nitrogens with one attached hydrogen (secondary N) is 1. The molecule has 0 spiro atoms. The molecule has 0 aliphatic rings. The maximum absolute atomic E-state index is 11.8.